The molecular weight excluding hydrogens is 286 g/mol. The van der Waals surface area contributed by atoms with Crippen molar-refractivity contribution >= 4 is 5.91 Å². The van der Waals surface area contributed by atoms with Gasteiger partial charge >= 0.3 is 0 Å². The molecule has 2 saturated heterocycles. The van der Waals surface area contributed by atoms with E-state index in [9.17, 15) is 13.6 Å². The van der Waals surface area contributed by atoms with Crippen LogP contribution in [0.5, 0.6) is 0 Å². The molecule has 3 fully saturated rings. The summed E-state index contributed by atoms with van der Waals surface area (Å²) >= 11 is 0. The molecule has 0 spiro atoms. The van der Waals surface area contributed by atoms with Crippen molar-refractivity contribution in [3.8, 4) is 0 Å². The molecule has 22 heavy (non-hydrogen) atoms. The van der Waals surface area contributed by atoms with E-state index in [0.717, 1.165) is 32.4 Å². The van der Waals surface area contributed by atoms with Gasteiger partial charge in [0.1, 0.15) is 11.6 Å². The van der Waals surface area contributed by atoms with Crippen LogP contribution >= 0.6 is 0 Å². The first-order valence-electron chi connectivity index (χ1n) is 8.13. The molecule has 118 valence electrons. The number of nitrogens with one attached hydrogen (secondary N) is 1. The molecule has 5 heteroatoms. The molecule has 1 aliphatic carbocycles. The average molecular weight is 306 g/mol. The van der Waals surface area contributed by atoms with Gasteiger partial charge in [-0.15, -0.1) is 0 Å². The summed E-state index contributed by atoms with van der Waals surface area (Å²) in [7, 11) is 0. The Morgan fingerprint density at radius 2 is 1.86 bits per heavy atom. The Morgan fingerprint density at radius 3 is 2.64 bits per heavy atom. The largest absolute Gasteiger partial charge is 0.335 e. The number of amides is 1. The number of halogens is 2. The number of carbonyl (C=O) groups is 1. The van der Waals surface area contributed by atoms with Gasteiger partial charge in [0.25, 0.3) is 0 Å². The second-order valence-electron chi connectivity index (χ2n) is 6.71. The van der Waals surface area contributed by atoms with Crippen LogP contribution in [0.4, 0.5) is 8.78 Å². The minimum Gasteiger partial charge on any atom is -0.335 e. The first-order chi connectivity index (χ1) is 10.7. The van der Waals surface area contributed by atoms with Gasteiger partial charge in [-0.25, -0.2) is 8.78 Å². The van der Waals surface area contributed by atoms with Crippen LogP contribution in [0, 0.1) is 17.6 Å². The highest BCUT2D eigenvalue weighted by atomic mass is 19.1. The SMILES string of the molecule is O=C(C1CC1c1c(F)cccc1F)N1C2CCNCC1CC2. The van der Waals surface area contributed by atoms with Crippen LogP contribution in [-0.4, -0.2) is 36.0 Å². The standard InChI is InChI=1S/C17H20F2N2O/c18-14-2-1-3-15(19)16(14)12-8-13(12)17(22)21-10-4-5-11(21)9-20-7-6-10/h1-3,10-13,20H,4-9H2. The molecule has 1 aromatic carbocycles. The molecule has 4 atom stereocenters. The third-order valence-electron chi connectivity index (χ3n) is 5.39. The number of hydrogen-bond donors (Lipinski definition) is 1. The van der Waals surface area contributed by atoms with Gasteiger partial charge in [0, 0.05) is 36.0 Å². The summed E-state index contributed by atoms with van der Waals surface area (Å²) in [6.45, 7) is 1.79. The number of rotatable bonds is 2. The fourth-order valence-corrected chi connectivity index (χ4v) is 4.19. The summed E-state index contributed by atoms with van der Waals surface area (Å²) in [4.78, 5) is 14.9. The van der Waals surface area contributed by atoms with Crippen LogP contribution in [0.15, 0.2) is 18.2 Å². The molecule has 2 heterocycles. The van der Waals surface area contributed by atoms with Crippen LogP contribution in [0.2, 0.25) is 0 Å². The van der Waals surface area contributed by atoms with Crippen LogP contribution in [0.3, 0.4) is 0 Å². The molecule has 0 radical (unpaired) electrons. The van der Waals surface area contributed by atoms with Crippen LogP contribution in [-0.2, 0) is 4.79 Å². The molecule has 1 aromatic rings. The number of nitrogens with zero attached hydrogens (tertiary/aromatic N) is 1. The molecule has 4 unspecified atom stereocenters. The quantitative estimate of drug-likeness (QED) is 0.910. The van der Waals surface area contributed by atoms with Gasteiger partial charge in [-0.2, -0.15) is 0 Å². The molecule has 3 nitrogen and oxygen atoms in total. The number of carbonyl (C=O) groups excluding carboxylic acids is 1. The third-order valence-corrected chi connectivity index (χ3v) is 5.39. The maximum atomic E-state index is 13.9. The first kappa shape index (κ1) is 14.1. The zero-order chi connectivity index (χ0) is 15.3. The molecule has 1 N–H and O–H groups in total. The first-order valence-corrected chi connectivity index (χ1v) is 8.13. The van der Waals surface area contributed by atoms with E-state index in [1.807, 2.05) is 4.90 Å². The van der Waals surface area contributed by atoms with E-state index in [2.05, 4.69) is 5.32 Å². The van der Waals surface area contributed by atoms with Crippen molar-refractivity contribution in [2.45, 2.75) is 43.7 Å². The molecule has 3 aliphatic rings. The lowest BCUT2D eigenvalue weighted by atomic mass is 10.1. The van der Waals surface area contributed by atoms with Crippen molar-refractivity contribution in [3.63, 3.8) is 0 Å². The maximum Gasteiger partial charge on any atom is 0.226 e. The second-order valence-corrected chi connectivity index (χ2v) is 6.71. The van der Waals surface area contributed by atoms with Crippen molar-refractivity contribution in [3.05, 3.63) is 35.4 Å². The maximum absolute atomic E-state index is 13.9. The Morgan fingerprint density at radius 1 is 1.14 bits per heavy atom. The lowest BCUT2D eigenvalue weighted by Gasteiger charge is -2.28. The Labute approximate surface area is 128 Å². The van der Waals surface area contributed by atoms with Crippen molar-refractivity contribution in [1.29, 1.82) is 0 Å². The predicted octanol–water partition coefficient (Wildman–Crippen LogP) is 2.42. The van der Waals surface area contributed by atoms with E-state index in [1.165, 1.54) is 18.2 Å². The average Bonchev–Trinajstić information content (AvgIpc) is 3.17. The predicted molar refractivity (Wildman–Crippen MR) is 78.3 cm³/mol. The lowest BCUT2D eigenvalue weighted by molar-refractivity contribution is -0.135. The summed E-state index contributed by atoms with van der Waals surface area (Å²) < 4.78 is 27.8. The second kappa shape index (κ2) is 5.30. The minimum absolute atomic E-state index is 0.0983. The van der Waals surface area contributed by atoms with Gasteiger partial charge in [-0.3, -0.25) is 4.79 Å². The van der Waals surface area contributed by atoms with E-state index in [0.29, 0.717) is 12.5 Å². The number of hydrogen-bond acceptors (Lipinski definition) is 2. The Balaban J connectivity index is 1.53. The molecular formula is C17H20F2N2O. The Hall–Kier alpha value is -1.49. The highest BCUT2D eigenvalue weighted by molar-refractivity contribution is 5.84. The van der Waals surface area contributed by atoms with Gasteiger partial charge in [0.15, 0.2) is 0 Å². The van der Waals surface area contributed by atoms with E-state index >= 15 is 0 Å². The molecule has 4 rings (SSSR count). The summed E-state index contributed by atoms with van der Waals surface area (Å²) in [6, 6.07) is 4.48. The molecule has 1 amide bonds. The minimum atomic E-state index is -0.527. The molecule has 2 bridgehead atoms. The van der Waals surface area contributed by atoms with E-state index in [-0.39, 0.29) is 29.3 Å². The van der Waals surface area contributed by atoms with Crippen molar-refractivity contribution < 1.29 is 13.6 Å². The normalized spacial score (nSPS) is 33.6. The topological polar surface area (TPSA) is 32.3 Å². The van der Waals surface area contributed by atoms with Gasteiger partial charge in [0.2, 0.25) is 5.91 Å². The van der Waals surface area contributed by atoms with Gasteiger partial charge in [0.05, 0.1) is 0 Å². The van der Waals surface area contributed by atoms with E-state index < -0.39 is 11.6 Å². The summed E-state index contributed by atoms with van der Waals surface area (Å²) in [5.41, 5.74) is 0.0983. The Kier molecular flexibility index (Phi) is 3.40. The molecule has 1 saturated carbocycles. The van der Waals surface area contributed by atoms with Gasteiger partial charge in [-0.05, 0) is 44.4 Å². The van der Waals surface area contributed by atoms with Crippen LogP contribution in [0.1, 0.15) is 37.2 Å². The van der Waals surface area contributed by atoms with Gasteiger partial charge in [-0.1, -0.05) is 6.07 Å². The van der Waals surface area contributed by atoms with Crippen LogP contribution < -0.4 is 5.32 Å². The highest BCUT2D eigenvalue weighted by Gasteiger charge is 2.51. The van der Waals surface area contributed by atoms with Crippen molar-refractivity contribution in [2.24, 2.45) is 5.92 Å². The van der Waals surface area contributed by atoms with E-state index in [4.69, 9.17) is 0 Å². The summed E-state index contributed by atoms with van der Waals surface area (Å²) in [5.74, 6) is -1.48. The number of fused-ring (bicyclic) bond motifs is 2. The third kappa shape index (κ3) is 2.22. The molecule has 2 aliphatic heterocycles. The molecule has 0 aromatic heterocycles. The smallest absolute Gasteiger partial charge is 0.226 e. The van der Waals surface area contributed by atoms with Crippen LogP contribution in [0.25, 0.3) is 0 Å². The fourth-order valence-electron chi connectivity index (χ4n) is 4.19. The van der Waals surface area contributed by atoms with Crippen molar-refractivity contribution in [2.75, 3.05) is 13.1 Å². The number of benzene rings is 1. The highest BCUT2D eigenvalue weighted by Crippen LogP contribution is 2.51. The van der Waals surface area contributed by atoms with E-state index in [1.54, 1.807) is 0 Å². The summed E-state index contributed by atoms with van der Waals surface area (Å²) in [6.07, 6.45) is 3.64. The monoisotopic (exact) mass is 306 g/mol. The van der Waals surface area contributed by atoms with Crippen molar-refractivity contribution in [1.82, 2.24) is 10.2 Å². The van der Waals surface area contributed by atoms with Gasteiger partial charge < -0.3 is 10.2 Å². The zero-order valence-electron chi connectivity index (χ0n) is 12.4. The lowest BCUT2D eigenvalue weighted by Crippen LogP contribution is -2.43. The Bertz CT molecular complexity index is 572. The zero-order valence-corrected chi connectivity index (χ0v) is 12.4. The summed E-state index contributed by atoms with van der Waals surface area (Å²) in [5, 5.41) is 3.37. The fraction of sp³-hybridized carbons (Fsp3) is 0.588.